The zero-order chi connectivity index (χ0) is 12.0. The Morgan fingerprint density at radius 3 is 2.44 bits per heavy atom. The van der Waals surface area contributed by atoms with Crippen molar-refractivity contribution in [2.45, 2.75) is 24.6 Å². The number of furan rings is 1. The molecule has 1 aliphatic rings. The average Bonchev–Trinajstić information content (AvgIpc) is 2.76. The van der Waals surface area contributed by atoms with Crippen LogP contribution in [-0.2, 0) is 0 Å². The van der Waals surface area contributed by atoms with E-state index in [2.05, 4.69) is 5.32 Å². The van der Waals surface area contributed by atoms with E-state index in [0.717, 1.165) is 6.07 Å². The lowest BCUT2D eigenvalue weighted by molar-refractivity contribution is -0.151. The summed E-state index contributed by atoms with van der Waals surface area (Å²) < 4.78 is 42.3. The van der Waals surface area contributed by atoms with Crippen LogP contribution in [0.1, 0.15) is 23.4 Å². The summed E-state index contributed by atoms with van der Waals surface area (Å²) in [7, 11) is 0. The van der Waals surface area contributed by atoms with Crippen LogP contribution in [-0.4, -0.2) is 22.8 Å². The zero-order valence-corrected chi connectivity index (χ0v) is 7.97. The largest absolute Gasteiger partial charge is 0.475 e. The van der Waals surface area contributed by atoms with Gasteiger partial charge in [-0.3, -0.25) is 0 Å². The molecule has 0 unspecified atom stereocenters. The lowest BCUT2D eigenvalue weighted by Gasteiger charge is -2.19. The van der Waals surface area contributed by atoms with Crippen LogP contribution in [0.3, 0.4) is 0 Å². The van der Waals surface area contributed by atoms with Gasteiger partial charge < -0.3 is 14.8 Å². The Balaban J connectivity index is 2.13. The SMILES string of the molecule is O=C(O)c1ccc(NC2(C(F)(F)F)CC2)o1. The molecule has 2 N–H and O–H groups in total. The molecular formula is C9H8F3NO3. The molecule has 1 aromatic rings. The van der Waals surface area contributed by atoms with Gasteiger partial charge in [0.15, 0.2) is 5.88 Å². The normalized spacial score (nSPS) is 18.2. The summed E-state index contributed by atoms with van der Waals surface area (Å²) >= 11 is 0. The van der Waals surface area contributed by atoms with Crippen molar-refractivity contribution in [2.24, 2.45) is 0 Å². The molecule has 0 saturated heterocycles. The van der Waals surface area contributed by atoms with Crippen LogP contribution in [0.2, 0.25) is 0 Å². The molecule has 1 saturated carbocycles. The first-order chi connectivity index (χ1) is 7.34. The Hall–Kier alpha value is -1.66. The number of rotatable bonds is 3. The number of hydrogen-bond acceptors (Lipinski definition) is 3. The Kier molecular flexibility index (Phi) is 2.14. The third kappa shape index (κ3) is 1.72. The van der Waals surface area contributed by atoms with Gasteiger partial charge in [0.1, 0.15) is 5.54 Å². The number of carboxylic acids is 1. The molecule has 1 fully saturated rings. The molecule has 1 aromatic heterocycles. The van der Waals surface area contributed by atoms with Crippen LogP contribution in [0.15, 0.2) is 16.5 Å². The Labute approximate surface area is 88.0 Å². The van der Waals surface area contributed by atoms with E-state index in [1.165, 1.54) is 6.07 Å². The molecule has 1 heterocycles. The van der Waals surface area contributed by atoms with Crippen molar-refractivity contribution < 1.29 is 27.5 Å². The van der Waals surface area contributed by atoms with Crippen molar-refractivity contribution in [3.05, 3.63) is 17.9 Å². The number of alkyl halides is 3. The molecule has 0 atom stereocenters. The number of carbonyl (C=O) groups is 1. The summed E-state index contributed by atoms with van der Waals surface area (Å²) in [4.78, 5) is 10.4. The van der Waals surface area contributed by atoms with Gasteiger partial charge in [-0.05, 0) is 18.9 Å². The smallest absolute Gasteiger partial charge is 0.411 e. The summed E-state index contributed by atoms with van der Waals surface area (Å²) in [5.74, 6) is -1.88. The van der Waals surface area contributed by atoms with Crippen LogP contribution < -0.4 is 5.32 Å². The van der Waals surface area contributed by atoms with Crippen molar-refractivity contribution in [3.63, 3.8) is 0 Å². The van der Waals surface area contributed by atoms with Gasteiger partial charge in [0.05, 0.1) is 0 Å². The number of hydrogen-bond donors (Lipinski definition) is 2. The highest BCUT2D eigenvalue weighted by Gasteiger charge is 2.64. The maximum Gasteiger partial charge on any atom is 0.411 e. The van der Waals surface area contributed by atoms with Gasteiger partial charge in [-0.1, -0.05) is 0 Å². The van der Waals surface area contributed by atoms with Crippen molar-refractivity contribution in [1.82, 2.24) is 0 Å². The maximum absolute atomic E-state index is 12.5. The fraction of sp³-hybridized carbons (Fsp3) is 0.444. The van der Waals surface area contributed by atoms with Gasteiger partial charge in [-0.2, -0.15) is 13.2 Å². The van der Waals surface area contributed by atoms with E-state index in [4.69, 9.17) is 9.52 Å². The molecule has 0 amide bonds. The van der Waals surface area contributed by atoms with E-state index in [0.29, 0.717) is 0 Å². The molecule has 0 aliphatic heterocycles. The number of anilines is 1. The highest BCUT2D eigenvalue weighted by molar-refractivity contribution is 5.84. The quantitative estimate of drug-likeness (QED) is 0.844. The topological polar surface area (TPSA) is 62.5 Å². The molecule has 88 valence electrons. The molecule has 1 aliphatic carbocycles. The lowest BCUT2D eigenvalue weighted by Crippen LogP contribution is -2.38. The van der Waals surface area contributed by atoms with Gasteiger partial charge >= 0.3 is 12.1 Å². The predicted octanol–water partition coefficient (Wildman–Crippen LogP) is 2.48. The molecular weight excluding hydrogens is 227 g/mol. The number of aromatic carboxylic acids is 1. The molecule has 0 spiro atoms. The molecule has 7 heteroatoms. The predicted molar refractivity (Wildman–Crippen MR) is 47.3 cm³/mol. The molecule has 2 rings (SSSR count). The second-order valence-corrected chi connectivity index (χ2v) is 3.67. The van der Waals surface area contributed by atoms with E-state index >= 15 is 0 Å². The number of nitrogens with one attached hydrogen (secondary N) is 1. The van der Waals surface area contributed by atoms with Gasteiger partial charge in [0.2, 0.25) is 5.76 Å². The van der Waals surface area contributed by atoms with Crippen molar-refractivity contribution in [1.29, 1.82) is 0 Å². The van der Waals surface area contributed by atoms with E-state index in [-0.39, 0.29) is 24.5 Å². The summed E-state index contributed by atoms with van der Waals surface area (Å²) in [6.07, 6.45) is -4.41. The summed E-state index contributed by atoms with van der Waals surface area (Å²) in [6.45, 7) is 0. The van der Waals surface area contributed by atoms with Gasteiger partial charge in [-0.25, -0.2) is 4.79 Å². The Bertz CT molecular complexity index is 420. The maximum atomic E-state index is 12.5. The lowest BCUT2D eigenvalue weighted by atomic mass is 10.2. The van der Waals surface area contributed by atoms with Gasteiger partial charge in [-0.15, -0.1) is 0 Å². The van der Waals surface area contributed by atoms with Crippen LogP contribution in [0, 0.1) is 0 Å². The fourth-order valence-electron chi connectivity index (χ4n) is 1.36. The Morgan fingerprint density at radius 1 is 1.44 bits per heavy atom. The van der Waals surface area contributed by atoms with E-state index in [1.54, 1.807) is 0 Å². The third-order valence-electron chi connectivity index (χ3n) is 2.47. The van der Waals surface area contributed by atoms with Crippen molar-refractivity contribution >= 4 is 11.9 Å². The molecule has 0 bridgehead atoms. The van der Waals surface area contributed by atoms with Crippen LogP contribution in [0.4, 0.5) is 19.1 Å². The first-order valence-electron chi connectivity index (χ1n) is 4.52. The van der Waals surface area contributed by atoms with Crippen LogP contribution in [0.5, 0.6) is 0 Å². The zero-order valence-electron chi connectivity index (χ0n) is 7.97. The van der Waals surface area contributed by atoms with Gasteiger partial charge in [0.25, 0.3) is 0 Å². The van der Waals surface area contributed by atoms with Crippen molar-refractivity contribution in [2.75, 3.05) is 5.32 Å². The van der Waals surface area contributed by atoms with Crippen molar-refractivity contribution in [3.8, 4) is 0 Å². The van der Waals surface area contributed by atoms with E-state index in [9.17, 15) is 18.0 Å². The second kappa shape index (κ2) is 3.16. The van der Waals surface area contributed by atoms with E-state index in [1.807, 2.05) is 0 Å². The molecule has 0 radical (unpaired) electrons. The standard InChI is InChI=1S/C9H8F3NO3/c10-9(11,12)8(3-4-8)13-6-2-1-5(16-6)7(14)15/h1-2,13H,3-4H2,(H,14,15). The molecule has 4 nitrogen and oxygen atoms in total. The average molecular weight is 235 g/mol. The third-order valence-corrected chi connectivity index (χ3v) is 2.47. The highest BCUT2D eigenvalue weighted by Crippen LogP contribution is 2.51. The summed E-state index contributed by atoms with van der Waals surface area (Å²) in [5, 5.41) is 10.7. The monoisotopic (exact) mass is 235 g/mol. The van der Waals surface area contributed by atoms with E-state index < -0.39 is 17.7 Å². The minimum atomic E-state index is -4.36. The minimum Gasteiger partial charge on any atom is -0.475 e. The minimum absolute atomic E-state index is 0.0282. The second-order valence-electron chi connectivity index (χ2n) is 3.67. The molecule has 0 aromatic carbocycles. The summed E-state index contributed by atoms with van der Waals surface area (Å²) in [6, 6.07) is 2.28. The van der Waals surface area contributed by atoms with Crippen LogP contribution >= 0.6 is 0 Å². The first-order valence-corrected chi connectivity index (χ1v) is 4.52. The molecule has 16 heavy (non-hydrogen) atoms. The number of halogens is 3. The highest BCUT2D eigenvalue weighted by atomic mass is 19.4. The summed E-state index contributed by atoms with van der Waals surface area (Å²) in [5.41, 5.74) is -1.94. The first kappa shape index (κ1) is 10.8. The number of carboxylic acid groups (broad SMARTS) is 1. The fourth-order valence-corrected chi connectivity index (χ4v) is 1.36. The van der Waals surface area contributed by atoms with Crippen LogP contribution in [0.25, 0.3) is 0 Å². The van der Waals surface area contributed by atoms with Gasteiger partial charge in [0, 0.05) is 6.07 Å². The Morgan fingerprint density at radius 2 is 2.06 bits per heavy atom.